The summed E-state index contributed by atoms with van der Waals surface area (Å²) in [5.74, 6) is -0.338. The Morgan fingerprint density at radius 1 is 1.13 bits per heavy atom. The van der Waals surface area contributed by atoms with Crippen LogP contribution in [-0.2, 0) is 9.53 Å². The molecule has 0 aromatic heterocycles. The molecule has 1 rings (SSSR count). The summed E-state index contributed by atoms with van der Waals surface area (Å²) in [4.78, 5) is 22.9. The zero-order valence-corrected chi connectivity index (χ0v) is 14.0. The highest BCUT2D eigenvalue weighted by atomic mass is 16.6. The van der Waals surface area contributed by atoms with E-state index in [1.54, 1.807) is 39.0 Å². The molecular formula is C16H22NO6-. The van der Waals surface area contributed by atoms with Gasteiger partial charge in [0.15, 0.2) is 0 Å². The molecule has 0 bridgehead atoms. The van der Waals surface area contributed by atoms with Crippen LogP contribution in [0.1, 0.15) is 38.8 Å². The first-order valence-corrected chi connectivity index (χ1v) is 7.07. The largest absolute Gasteiger partial charge is 0.550 e. The minimum Gasteiger partial charge on any atom is -0.550 e. The maximum atomic E-state index is 11.9. The molecule has 1 aromatic rings. The number of aliphatic carboxylic acids is 1. The Morgan fingerprint density at radius 3 is 2.04 bits per heavy atom. The third kappa shape index (κ3) is 6.46. The molecule has 0 spiro atoms. The lowest BCUT2D eigenvalue weighted by Crippen LogP contribution is -2.37. The van der Waals surface area contributed by atoms with E-state index in [-0.39, 0.29) is 0 Å². The fourth-order valence-corrected chi connectivity index (χ4v) is 1.90. The molecule has 1 amide bonds. The number of hydrogen-bond acceptors (Lipinski definition) is 6. The normalized spacial score (nSPS) is 12.2. The van der Waals surface area contributed by atoms with E-state index in [1.165, 1.54) is 14.2 Å². The summed E-state index contributed by atoms with van der Waals surface area (Å²) in [6, 6.07) is 4.05. The van der Waals surface area contributed by atoms with E-state index >= 15 is 0 Å². The number of rotatable bonds is 6. The van der Waals surface area contributed by atoms with Gasteiger partial charge >= 0.3 is 6.09 Å². The second-order valence-electron chi connectivity index (χ2n) is 5.92. The number of carboxylic acids is 1. The van der Waals surface area contributed by atoms with E-state index in [2.05, 4.69) is 5.32 Å². The minimum absolute atomic E-state index is 0.407. The molecule has 0 heterocycles. The first-order chi connectivity index (χ1) is 10.6. The summed E-state index contributed by atoms with van der Waals surface area (Å²) in [6.45, 7) is 5.15. The van der Waals surface area contributed by atoms with Gasteiger partial charge in [0, 0.05) is 18.5 Å². The summed E-state index contributed by atoms with van der Waals surface area (Å²) in [5, 5.41) is 13.5. The van der Waals surface area contributed by atoms with E-state index in [0.29, 0.717) is 17.1 Å². The molecule has 0 unspecified atom stereocenters. The maximum absolute atomic E-state index is 11.9. The molecule has 7 nitrogen and oxygen atoms in total. The average Bonchev–Trinajstić information content (AvgIpc) is 2.43. The van der Waals surface area contributed by atoms with Gasteiger partial charge in [-0.25, -0.2) is 4.79 Å². The predicted molar refractivity (Wildman–Crippen MR) is 81.3 cm³/mol. The number of carboxylic acid groups (broad SMARTS) is 1. The number of amides is 1. The van der Waals surface area contributed by atoms with E-state index in [1.807, 2.05) is 0 Å². The topological polar surface area (TPSA) is 96.9 Å². The van der Waals surface area contributed by atoms with Crippen molar-refractivity contribution in [3.05, 3.63) is 23.8 Å². The zero-order valence-electron chi connectivity index (χ0n) is 14.0. The van der Waals surface area contributed by atoms with Crippen LogP contribution in [0.4, 0.5) is 4.79 Å². The van der Waals surface area contributed by atoms with Gasteiger partial charge in [-0.05, 0) is 38.5 Å². The van der Waals surface area contributed by atoms with Crippen LogP contribution >= 0.6 is 0 Å². The van der Waals surface area contributed by atoms with E-state index in [4.69, 9.17) is 14.2 Å². The van der Waals surface area contributed by atoms with Gasteiger partial charge in [-0.1, -0.05) is 0 Å². The monoisotopic (exact) mass is 324 g/mol. The molecule has 7 heteroatoms. The molecule has 128 valence electrons. The number of hydrogen-bond donors (Lipinski definition) is 1. The number of ether oxygens (including phenoxy) is 3. The summed E-state index contributed by atoms with van der Waals surface area (Å²) in [5.41, 5.74) is -0.182. The summed E-state index contributed by atoms with van der Waals surface area (Å²) in [7, 11) is 2.96. The molecule has 0 saturated carbocycles. The van der Waals surface area contributed by atoms with Gasteiger partial charge in [-0.2, -0.15) is 0 Å². The highest BCUT2D eigenvalue weighted by Gasteiger charge is 2.21. The number of nitrogens with one attached hydrogen (secondary N) is 1. The third-order valence-corrected chi connectivity index (χ3v) is 2.84. The fraction of sp³-hybridized carbons (Fsp3) is 0.500. The van der Waals surface area contributed by atoms with Crippen molar-refractivity contribution in [2.45, 2.75) is 38.8 Å². The molecule has 0 saturated heterocycles. The molecule has 1 aromatic carbocycles. The number of carbonyl (C=O) groups excluding carboxylic acids is 2. The summed E-state index contributed by atoms with van der Waals surface area (Å²) in [6.07, 6.45) is -1.12. The van der Waals surface area contributed by atoms with E-state index in [9.17, 15) is 14.7 Å². The molecule has 1 atom stereocenters. The van der Waals surface area contributed by atoms with Crippen LogP contribution in [-0.4, -0.2) is 31.9 Å². The molecule has 0 fully saturated rings. The van der Waals surface area contributed by atoms with Crippen LogP contribution in [0.3, 0.4) is 0 Å². The number of carbonyl (C=O) groups is 2. The van der Waals surface area contributed by atoms with Crippen LogP contribution in [0.5, 0.6) is 11.5 Å². The van der Waals surface area contributed by atoms with Crippen molar-refractivity contribution in [3.8, 4) is 11.5 Å². The lowest BCUT2D eigenvalue weighted by atomic mass is 10.0. The van der Waals surface area contributed by atoms with Crippen molar-refractivity contribution < 1.29 is 28.9 Å². The second kappa shape index (κ2) is 7.71. The second-order valence-corrected chi connectivity index (χ2v) is 5.92. The Kier molecular flexibility index (Phi) is 6.24. The Morgan fingerprint density at radius 2 is 1.65 bits per heavy atom. The lowest BCUT2D eigenvalue weighted by molar-refractivity contribution is -0.306. The van der Waals surface area contributed by atoms with Crippen molar-refractivity contribution in [2.75, 3.05) is 14.2 Å². The van der Waals surface area contributed by atoms with Crippen molar-refractivity contribution in [2.24, 2.45) is 0 Å². The van der Waals surface area contributed by atoms with Gasteiger partial charge in [0.25, 0.3) is 0 Å². The zero-order chi connectivity index (χ0) is 17.6. The maximum Gasteiger partial charge on any atom is 0.408 e. The Bertz CT molecular complexity index is 542. The molecule has 0 radical (unpaired) electrons. The highest BCUT2D eigenvalue weighted by molar-refractivity contribution is 5.71. The Hall–Kier alpha value is -2.44. The summed E-state index contributed by atoms with van der Waals surface area (Å²) < 4.78 is 15.5. The lowest BCUT2D eigenvalue weighted by Gasteiger charge is -2.24. The molecule has 1 N–H and O–H groups in total. The van der Waals surface area contributed by atoms with Crippen molar-refractivity contribution in [3.63, 3.8) is 0 Å². The predicted octanol–water partition coefficient (Wildman–Crippen LogP) is 1.41. The number of methoxy groups -OCH3 is 2. The number of benzene rings is 1. The van der Waals surface area contributed by atoms with Gasteiger partial charge in [0.1, 0.15) is 17.1 Å². The van der Waals surface area contributed by atoms with Gasteiger partial charge in [-0.15, -0.1) is 0 Å². The van der Waals surface area contributed by atoms with Gasteiger partial charge in [0.05, 0.1) is 20.3 Å². The van der Waals surface area contributed by atoms with Crippen LogP contribution in [0.25, 0.3) is 0 Å². The molecular weight excluding hydrogens is 302 g/mol. The Balaban J connectivity index is 3.06. The van der Waals surface area contributed by atoms with Crippen LogP contribution in [0.15, 0.2) is 18.2 Å². The van der Waals surface area contributed by atoms with Crippen molar-refractivity contribution in [1.82, 2.24) is 5.32 Å². The van der Waals surface area contributed by atoms with Crippen molar-refractivity contribution >= 4 is 12.1 Å². The van der Waals surface area contributed by atoms with E-state index in [0.717, 1.165) is 0 Å². The van der Waals surface area contributed by atoms with Gasteiger partial charge in [0.2, 0.25) is 0 Å². The molecule has 0 aliphatic heterocycles. The first kappa shape index (κ1) is 18.6. The standard InChI is InChI=1S/C16H23NO6/c1-16(2,3)23-15(20)17-13(9-14(18)19)10-6-11(21-4)8-12(7-10)22-5/h6-8,13H,9H2,1-5H3,(H,17,20)(H,18,19)/p-1/t13-/m1/s1. The summed E-state index contributed by atoms with van der Waals surface area (Å²) >= 11 is 0. The molecule has 0 aliphatic carbocycles. The fourth-order valence-electron chi connectivity index (χ4n) is 1.90. The van der Waals surface area contributed by atoms with Crippen LogP contribution in [0, 0.1) is 0 Å². The van der Waals surface area contributed by atoms with E-state index < -0.39 is 30.1 Å². The molecule has 23 heavy (non-hydrogen) atoms. The Labute approximate surface area is 135 Å². The minimum atomic E-state index is -1.30. The van der Waals surface area contributed by atoms with Gasteiger partial charge in [-0.3, -0.25) is 0 Å². The van der Waals surface area contributed by atoms with Crippen molar-refractivity contribution in [1.29, 1.82) is 0 Å². The molecule has 0 aliphatic rings. The quantitative estimate of drug-likeness (QED) is 0.850. The first-order valence-electron chi connectivity index (χ1n) is 7.07. The average molecular weight is 324 g/mol. The SMILES string of the molecule is COc1cc(OC)cc([C@@H](CC(=O)[O-])NC(=O)OC(C)(C)C)c1. The van der Waals surface area contributed by atoms with Crippen LogP contribution in [0.2, 0.25) is 0 Å². The highest BCUT2D eigenvalue weighted by Crippen LogP contribution is 2.28. The third-order valence-electron chi connectivity index (χ3n) is 2.84. The van der Waals surface area contributed by atoms with Crippen LogP contribution < -0.4 is 19.9 Å². The van der Waals surface area contributed by atoms with Gasteiger partial charge < -0.3 is 29.4 Å². The number of alkyl carbamates (subject to hydrolysis) is 1. The smallest absolute Gasteiger partial charge is 0.408 e.